The largest absolute Gasteiger partial charge is 0.359 e. The Kier molecular flexibility index (Phi) is 5.14. The van der Waals surface area contributed by atoms with Gasteiger partial charge in [0.2, 0.25) is 5.91 Å². The van der Waals surface area contributed by atoms with Crippen molar-refractivity contribution in [3.05, 3.63) is 65.5 Å². The van der Waals surface area contributed by atoms with Crippen LogP contribution in [0.4, 0.5) is 10.1 Å². The molecule has 4 heteroatoms. The molecule has 2 aromatic rings. The average Bonchev–Trinajstić information content (AvgIpc) is 2.58. The van der Waals surface area contributed by atoms with Crippen molar-refractivity contribution in [2.45, 2.75) is 32.2 Å². The third kappa shape index (κ3) is 3.94. The van der Waals surface area contributed by atoms with Crippen molar-refractivity contribution in [1.29, 1.82) is 0 Å². The highest BCUT2D eigenvalue weighted by Gasteiger charge is 2.24. The normalized spacial score (nSPS) is 16.6. The molecule has 0 fully saturated rings. The number of carbonyl (C=O) groups excluding carboxylic acids is 1. The van der Waals surface area contributed by atoms with Gasteiger partial charge in [-0.05, 0) is 55.5 Å². The highest BCUT2D eigenvalue weighted by atomic mass is 19.1. The van der Waals surface area contributed by atoms with Crippen LogP contribution in [0, 0.1) is 5.82 Å². The number of hydrogen-bond acceptors (Lipinski definition) is 2. The highest BCUT2D eigenvalue weighted by Crippen LogP contribution is 2.30. The summed E-state index contributed by atoms with van der Waals surface area (Å²) in [5, 5.41) is 2.99. The molecule has 1 amide bonds. The number of nitrogens with one attached hydrogen (secondary N) is 1. The second-order valence-electron chi connectivity index (χ2n) is 6.37. The molecule has 1 aliphatic heterocycles. The molecule has 0 saturated carbocycles. The number of benzene rings is 2. The second kappa shape index (κ2) is 7.47. The standard InChI is InChI=1S/C20H23FN2O/c1-15-7-8-17-13-18(21)9-10-19(17)23(15)14-20(24)22-12-11-16-5-3-2-4-6-16/h2-6,9-10,13,15H,7-8,11-12,14H2,1H3,(H,22,24). The van der Waals surface area contributed by atoms with Crippen molar-refractivity contribution >= 4 is 11.6 Å². The molecule has 24 heavy (non-hydrogen) atoms. The van der Waals surface area contributed by atoms with Crippen LogP contribution < -0.4 is 10.2 Å². The maximum Gasteiger partial charge on any atom is 0.239 e. The summed E-state index contributed by atoms with van der Waals surface area (Å²) in [5.41, 5.74) is 3.18. The minimum atomic E-state index is -0.212. The smallest absolute Gasteiger partial charge is 0.239 e. The van der Waals surface area contributed by atoms with E-state index >= 15 is 0 Å². The number of rotatable bonds is 5. The van der Waals surface area contributed by atoms with Crippen molar-refractivity contribution < 1.29 is 9.18 Å². The van der Waals surface area contributed by atoms with E-state index in [1.807, 2.05) is 18.2 Å². The first-order valence-corrected chi connectivity index (χ1v) is 8.49. The first kappa shape index (κ1) is 16.5. The fourth-order valence-electron chi connectivity index (χ4n) is 3.23. The molecule has 0 aliphatic carbocycles. The number of anilines is 1. The summed E-state index contributed by atoms with van der Waals surface area (Å²) in [5.74, 6) is -0.203. The maximum atomic E-state index is 13.4. The average molecular weight is 326 g/mol. The molecule has 1 unspecified atom stereocenters. The van der Waals surface area contributed by atoms with E-state index in [0.717, 1.165) is 30.5 Å². The van der Waals surface area contributed by atoms with E-state index in [4.69, 9.17) is 0 Å². The van der Waals surface area contributed by atoms with Gasteiger partial charge < -0.3 is 10.2 Å². The minimum Gasteiger partial charge on any atom is -0.359 e. The third-order valence-electron chi connectivity index (χ3n) is 4.61. The van der Waals surface area contributed by atoms with Gasteiger partial charge in [-0.1, -0.05) is 30.3 Å². The molecule has 3 nitrogen and oxygen atoms in total. The number of amides is 1. The van der Waals surface area contributed by atoms with E-state index in [-0.39, 0.29) is 17.8 Å². The molecule has 0 radical (unpaired) electrons. The zero-order valence-electron chi connectivity index (χ0n) is 14.0. The van der Waals surface area contributed by atoms with Crippen LogP contribution in [0.2, 0.25) is 0 Å². The number of hydrogen-bond donors (Lipinski definition) is 1. The van der Waals surface area contributed by atoms with Gasteiger partial charge in [0.1, 0.15) is 5.82 Å². The van der Waals surface area contributed by atoms with E-state index < -0.39 is 0 Å². The summed E-state index contributed by atoms with van der Waals surface area (Å²) < 4.78 is 13.4. The summed E-state index contributed by atoms with van der Waals surface area (Å²) in [6.45, 7) is 3.06. The van der Waals surface area contributed by atoms with E-state index in [2.05, 4.69) is 29.3 Å². The fraction of sp³-hybridized carbons (Fsp3) is 0.350. The number of aryl methyl sites for hydroxylation is 1. The number of halogens is 1. The van der Waals surface area contributed by atoms with Gasteiger partial charge in [0.25, 0.3) is 0 Å². The fourth-order valence-corrected chi connectivity index (χ4v) is 3.23. The molecular weight excluding hydrogens is 303 g/mol. The molecule has 1 atom stereocenters. The van der Waals surface area contributed by atoms with Gasteiger partial charge in [-0.25, -0.2) is 4.39 Å². The molecular formula is C20H23FN2O. The molecule has 1 N–H and O–H groups in total. The summed E-state index contributed by atoms with van der Waals surface area (Å²) in [4.78, 5) is 14.4. The van der Waals surface area contributed by atoms with Crippen LogP contribution in [0.15, 0.2) is 48.5 Å². The first-order valence-electron chi connectivity index (χ1n) is 8.49. The second-order valence-corrected chi connectivity index (χ2v) is 6.37. The lowest BCUT2D eigenvalue weighted by Gasteiger charge is -2.36. The Morgan fingerprint density at radius 1 is 1.25 bits per heavy atom. The van der Waals surface area contributed by atoms with Crippen LogP contribution in [-0.2, 0) is 17.6 Å². The summed E-state index contributed by atoms with van der Waals surface area (Å²) >= 11 is 0. The summed E-state index contributed by atoms with van der Waals surface area (Å²) in [6, 6.07) is 15.2. The van der Waals surface area contributed by atoms with E-state index in [0.29, 0.717) is 13.1 Å². The molecule has 0 bridgehead atoms. The highest BCUT2D eigenvalue weighted by molar-refractivity contribution is 5.82. The monoisotopic (exact) mass is 326 g/mol. The lowest BCUT2D eigenvalue weighted by atomic mass is 9.96. The maximum absolute atomic E-state index is 13.4. The Hall–Kier alpha value is -2.36. The first-order chi connectivity index (χ1) is 11.6. The molecule has 1 aliphatic rings. The molecule has 1 heterocycles. The SMILES string of the molecule is CC1CCc2cc(F)ccc2N1CC(=O)NCCc1ccccc1. The minimum absolute atomic E-state index is 0.00922. The summed E-state index contributed by atoms with van der Waals surface area (Å²) in [7, 11) is 0. The van der Waals surface area contributed by atoms with Gasteiger partial charge in [-0.3, -0.25) is 4.79 Å². The Morgan fingerprint density at radius 3 is 2.83 bits per heavy atom. The van der Waals surface area contributed by atoms with Gasteiger partial charge in [-0.15, -0.1) is 0 Å². The van der Waals surface area contributed by atoms with Crippen molar-refractivity contribution in [2.75, 3.05) is 18.0 Å². The summed E-state index contributed by atoms with van der Waals surface area (Å²) in [6.07, 6.45) is 2.62. The van der Waals surface area contributed by atoms with Crippen molar-refractivity contribution in [3.8, 4) is 0 Å². The molecule has 2 aromatic carbocycles. The van der Waals surface area contributed by atoms with Crippen LogP contribution in [0.5, 0.6) is 0 Å². The Balaban J connectivity index is 1.58. The zero-order valence-corrected chi connectivity index (χ0v) is 14.0. The predicted molar refractivity (Wildman–Crippen MR) is 94.7 cm³/mol. The van der Waals surface area contributed by atoms with E-state index in [1.54, 1.807) is 12.1 Å². The van der Waals surface area contributed by atoms with Crippen LogP contribution in [0.25, 0.3) is 0 Å². The lowest BCUT2D eigenvalue weighted by molar-refractivity contribution is -0.119. The topological polar surface area (TPSA) is 32.3 Å². The molecule has 126 valence electrons. The van der Waals surface area contributed by atoms with Crippen LogP contribution in [-0.4, -0.2) is 25.0 Å². The van der Waals surface area contributed by atoms with Crippen LogP contribution >= 0.6 is 0 Å². The van der Waals surface area contributed by atoms with Crippen LogP contribution in [0.3, 0.4) is 0 Å². The van der Waals surface area contributed by atoms with Gasteiger partial charge >= 0.3 is 0 Å². The van der Waals surface area contributed by atoms with Gasteiger partial charge in [0, 0.05) is 18.3 Å². The molecule has 0 aromatic heterocycles. The molecule has 3 rings (SSSR count). The van der Waals surface area contributed by atoms with Crippen LogP contribution in [0.1, 0.15) is 24.5 Å². The van der Waals surface area contributed by atoms with Gasteiger partial charge in [-0.2, -0.15) is 0 Å². The number of fused-ring (bicyclic) bond motifs is 1. The van der Waals surface area contributed by atoms with Gasteiger partial charge in [0.15, 0.2) is 0 Å². The van der Waals surface area contributed by atoms with E-state index in [9.17, 15) is 9.18 Å². The van der Waals surface area contributed by atoms with Crippen molar-refractivity contribution in [2.24, 2.45) is 0 Å². The Bertz CT molecular complexity index is 702. The van der Waals surface area contributed by atoms with Crippen molar-refractivity contribution in [3.63, 3.8) is 0 Å². The Labute approximate surface area is 142 Å². The third-order valence-corrected chi connectivity index (χ3v) is 4.61. The number of carbonyl (C=O) groups is 1. The van der Waals surface area contributed by atoms with E-state index in [1.165, 1.54) is 11.6 Å². The lowest BCUT2D eigenvalue weighted by Crippen LogP contribution is -2.44. The van der Waals surface area contributed by atoms with Gasteiger partial charge in [0.05, 0.1) is 6.54 Å². The molecule has 0 saturated heterocycles. The molecule has 0 spiro atoms. The predicted octanol–water partition coefficient (Wildman–Crippen LogP) is 3.33. The quantitative estimate of drug-likeness (QED) is 0.914. The number of nitrogens with zero attached hydrogens (tertiary/aromatic N) is 1. The van der Waals surface area contributed by atoms with Crippen molar-refractivity contribution in [1.82, 2.24) is 5.32 Å². The zero-order chi connectivity index (χ0) is 16.9. The Morgan fingerprint density at radius 2 is 2.04 bits per heavy atom.